The molecule has 0 saturated heterocycles. The second-order valence-electron chi connectivity index (χ2n) is 4.40. The topological polar surface area (TPSA) is 127 Å². The molecule has 1 atom stereocenters. The summed E-state index contributed by atoms with van der Waals surface area (Å²) >= 11 is 0. The molecule has 0 fully saturated rings. The van der Waals surface area contributed by atoms with E-state index in [-0.39, 0.29) is 6.54 Å². The van der Waals surface area contributed by atoms with E-state index in [0.29, 0.717) is 12.8 Å². The van der Waals surface area contributed by atoms with E-state index in [0.717, 1.165) is 12.1 Å². The maximum Gasteiger partial charge on any atom is 0.307 e. The Balaban J connectivity index is 2.97. The fourth-order valence-corrected chi connectivity index (χ4v) is 3.04. The first-order valence-electron chi connectivity index (χ1n) is 6.25. The van der Waals surface area contributed by atoms with Crippen LogP contribution in [0.3, 0.4) is 0 Å². The Morgan fingerprint density at radius 1 is 1.43 bits per heavy atom. The molecule has 0 radical (unpaired) electrons. The number of nitro groups is 1. The Labute approximate surface area is 122 Å². The minimum Gasteiger partial charge on any atom is -0.481 e. The van der Waals surface area contributed by atoms with Gasteiger partial charge >= 0.3 is 5.97 Å². The molecule has 2 N–H and O–H groups in total. The molecule has 116 valence electrons. The summed E-state index contributed by atoms with van der Waals surface area (Å²) in [6, 6.07) is 4.90. The summed E-state index contributed by atoms with van der Waals surface area (Å²) in [6.07, 6.45) is 0.902. The highest BCUT2D eigenvalue weighted by molar-refractivity contribution is 7.89. The first-order chi connectivity index (χ1) is 9.79. The summed E-state index contributed by atoms with van der Waals surface area (Å²) in [7, 11) is -4.14. The van der Waals surface area contributed by atoms with Gasteiger partial charge in [0.15, 0.2) is 4.90 Å². The van der Waals surface area contributed by atoms with Crippen LogP contribution < -0.4 is 4.72 Å². The normalized spacial score (nSPS) is 12.8. The van der Waals surface area contributed by atoms with Crippen LogP contribution in [0.25, 0.3) is 0 Å². The van der Waals surface area contributed by atoms with Gasteiger partial charge in [-0.25, -0.2) is 13.1 Å². The molecule has 21 heavy (non-hydrogen) atoms. The molecule has 0 aromatic heterocycles. The molecule has 0 heterocycles. The lowest BCUT2D eigenvalue weighted by Crippen LogP contribution is -2.33. The number of nitrogens with zero attached hydrogens (tertiary/aromatic N) is 1. The predicted molar refractivity (Wildman–Crippen MR) is 74.3 cm³/mol. The highest BCUT2D eigenvalue weighted by atomic mass is 32.2. The summed E-state index contributed by atoms with van der Waals surface area (Å²) in [4.78, 5) is 20.5. The molecule has 1 aromatic carbocycles. The van der Waals surface area contributed by atoms with Crippen LogP contribution in [-0.2, 0) is 14.8 Å². The van der Waals surface area contributed by atoms with Crippen molar-refractivity contribution in [1.82, 2.24) is 4.72 Å². The van der Waals surface area contributed by atoms with Gasteiger partial charge in [-0.3, -0.25) is 14.9 Å². The number of hydrogen-bond donors (Lipinski definition) is 2. The zero-order valence-corrected chi connectivity index (χ0v) is 12.2. The van der Waals surface area contributed by atoms with E-state index >= 15 is 0 Å². The standard InChI is InChI=1S/C12H16N2O6S/c1-2-5-9(12(15)16)8-13-21(19,20)11-7-4-3-6-10(11)14(17)18/h3-4,6-7,9,13H,2,5,8H2,1H3,(H,15,16). The lowest BCUT2D eigenvalue weighted by atomic mass is 10.1. The monoisotopic (exact) mass is 316 g/mol. The number of benzene rings is 1. The van der Waals surface area contributed by atoms with E-state index in [4.69, 9.17) is 5.11 Å². The van der Waals surface area contributed by atoms with Gasteiger partial charge in [-0.2, -0.15) is 0 Å². The highest BCUT2D eigenvalue weighted by Crippen LogP contribution is 2.22. The van der Waals surface area contributed by atoms with Gasteiger partial charge in [-0.1, -0.05) is 25.5 Å². The minimum atomic E-state index is -4.14. The molecule has 0 aliphatic carbocycles. The maximum atomic E-state index is 12.1. The van der Waals surface area contributed by atoms with Crippen molar-refractivity contribution < 1.29 is 23.2 Å². The number of hydrogen-bond acceptors (Lipinski definition) is 5. The smallest absolute Gasteiger partial charge is 0.307 e. The Bertz CT molecular complexity index is 628. The summed E-state index contributed by atoms with van der Waals surface area (Å²) in [5.41, 5.74) is -0.549. The molecular formula is C12H16N2O6S. The van der Waals surface area contributed by atoms with Gasteiger partial charge in [0.2, 0.25) is 10.0 Å². The van der Waals surface area contributed by atoms with Crippen LogP contribution in [0.2, 0.25) is 0 Å². The highest BCUT2D eigenvalue weighted by Gasteiger charge is 2.27. The SMILES string of the molecule is CCCC(CNS(=O)(=O)c1ccccc1[N+](=O)[O-])C(=O)O. The number of aliphatic carboxylic acids is 1. The van der Waals surface area contributed by atoms with Crippen LogP contribution in [0.4, 0.5) is 5.69 Å². The van der Waals surface area contributed by atoms with Crippen molar-refractivity contribution >= 4 is 21.7 Å². The van der Waals surface area contributed by atoms with Gasteiger partial charge in [0, 0.05) is 12.6 Å². The fraction of sp³-hybridized carbons (Fsp3) is 0.417. The molecule has 1 rings (SSSR count). The third kappa shape index (κ3) is 4.50. The molecular weight excluding hydrogens is 300 g/mol. The van der Waals surface area contributed by atoms with Crippen molar-refractivity contribution in [3.8, 4) is 0 Å². The minimum absolute atomic E-state index is 0.308. The maximum absolute atomic E-state index is 12.1. The predicted octanol–water partition coefficient (Wildman–Crippen LogP) is 1.37. The molecule has 9 heteroatoms. The van der Waals surface area contributed by atoms with Crippen LogP contribution in [0.1, 0.15) is 19.8 Å². The number of rotatable bonds is 8. The number of para-hydroxylation sites is 1. The largest absolute Gasteiger partial charge is 0.481 e. The van der Waals surface area contributed by atoms with Gasteiger partial charge in [-0.15, -0.1) is 0 Å². The fourth-order valence-electron chi connectivity index (χ4n) is 1.78. The van der Waals surface area contributed by atoms with Crippen molar-refractivity contribution in [3.05, 3.63) is 34.4 Å². The van der Waals surface area contributed by atoms with Crippen molar-refractivity contribution in [2.24, 2.45) is 5.92 Å². The summed E-state index contributed by atoms with van der Waals surface area (Å²) < 4.78 is 26.3. The second kappa shape index (κ2) is 7.14. The molecule has 0 spiro atoms. The Hall–Kier alpha value is -2.00. The van der Waals surface area contributed by atoms with Crippen molar-refractivity contribution in [3.63, 3.8) is 0 Å². The molecule has 0 aliphatic rings. The number of carbonyl (C=O) groups is 1. The van der Waals surface area contributed by atoms with Gasteiger partial charge in [0.05, 0.1) is 10.8 Å². The molecule has 8 nitrogen and oxygen atoms in total. The number of carboxylic acid groups (broad SMARTS) is 1. The lowest BCUT2D eigenvalue weighted by Gasteiger charge is -2.12. The van der Waals surface area contributed by atoms with Gasteiger partial charge in [0.1, 0.15) is 0 Å². The van der Waals surface area contributed by atoms with Gasteiger partial charge in [-0.05, 0) is 12.5 Å². The third-order valence-corrected chi connectivity index (χ3v) is 4.33. The summed E-state index contributed by atoms with van der Waals surface area (Å²) in [5.74, 6) is -1.98. The average molecular weight is 316 g/mol. The third-order valence-electron chi connectivity index (χ3n) is 2.86. The number of nitrogens with one attached hydrogen (secondary N) is 1. The van der Waals surface area contributed by atoms with E-state index in [1.165, 1.54) is 12.1 Å². The van der Waals surface area contributed by atoms with Crippen molar-refractivity contribution in [2.75, 3.05) is 6.54 Å². The molecule has 1 unspecified atom stereocenters. The second-order valence-corrected chi connectivity index (χ2v) is 6.14. The Morgan fingerprint density at radius 3 is 2.57 bits per heavy atom. The van der Waals surface area contributed by atoms with Crippen LogP contribution in [0, 0.1) is 16.0 Å². The quantitative estimate of drug-likeness (QED) is 0.551. The molecule has 0 saturated carbocycles. The average Bonchev–Trinajstić information content (AvgIpc) is 2.43. The molecule has 0 bridgehead atoms. The van der Waals surface area contributed by atoms with Gasteiger partial charge < -0.3 is 5.11 Å². The first-order valence-corrected chi connectivity index (χ1v) is 7.73. The summed E-state index contributed by atoms with van der Waals surface area (Å²) in [6.45, 7) is 1.48. The van der Waals surface area contributed by atoms with Crippen LogP contribution in [-0.4, -0.2) is 31.0 Å². The molecule has 0 amide bonds. The van der Waals surface area contributed by atoms with Crippen molar-refractivity contribution in [2.45, 2.75) is 24.7 Å². The zero-order valence-electron chi connectivity index (χ0n) is 11.4. The van der Waals surface area contributed by atoms with Crippen LogP contribution >= 0.6 is 0 Å². The molecule has 1 aromatic rings. The number of sulfonamides is 1. The lowest BCUT2D eigenvalue weighted by molar-refractivity contribution is -0.387. The van der Waals surface area contributed by atoms with E-state index in [1.807, 2.05) is 0 Å². The van der Waals surface area contributed by atoms with E-state index in [9.17, 15) is 23.3 Å². The van der Waals surface area contributed by atoms with Crippen LogP contribution in [0.5, 0.6) is 0 Å². The van der Waals surface area contributed by atoms with E-state index < -0.39 is 37.4 Å². The van der Waals surface area contributed by atoms with E-state index in [2.05, 4.69) is 4.72 Å². The molecule has 0 aliphatic heterocycles. The Kier molecular flexibility index (Phi) is 5.79. The van der Waals surface area contributed by atoms with Gasteiger partial charge in [0.25, 0.3) is 5.69 Å². The Morgan fingerprint density at radius 2 is 2.05 bits per heavy atom. The van der Waals surface area contributed by atoms with Crippen molar-refractivity contribution in [1.29, 1.82) is 0 Å². The zero-order chi connectivity index (χ0) is 16.0. The van der Waals surface area contributed by atoms with E-state index in [1.54, 1.807) is 6.92 Å². The van der Waals surface area contributed by atoms with Crippen LogP contribution in [0.15, 0.2) is 29.2 Å². The number of carboxylic acids is 1. The first kappa shape index (κ1) is 17.1. The number of nitro benzene ring substituents is 1. The summed E-state index contributed by atoms with van der Waals surface area (Å²) in [5, 5.41) is 19.8.